The molecule has 0 aromatic carbocycles. The topological polar surface area (TPSA) is 20.3 Å². The van der Waals surface area contributed by atoms with Crippen molar-refractivity contribution in [3.8, 4) is 0 Å². The van der Waals surface area contributed by atoms with E-state index in [2.05, 4.69) is 25.7 Å². The first kappa shape index (κ1) is 11.6. The molecule has 1 aliphatic carbocycles. The third kappa shape index (κ3) is 1.80. The number of fused-ring (bicyclic) bond motifs is 2. The van der Waals surface area contributed by atoms with Crippen LogP contribution in [0.5, 0.6) is 0 Å². The van der Waals surface area contributed by atoms with Crippen LogP contribution in [0.1, 0.15) is 59.3 Å². The van der Waals surface area contributed by atoms with Crippen molar-refractivity contribution in [3.05, 3.63) is 0 Å². The fourth-order valence-electron chi connectivity index (χ4n) is 3.81. The van der Waals surface area contributed by atoms with E-state index < -0.39 is 0 Å². The SMILES string of the molecule is CC(C)C1C[C@H]2CC[C@@H](C1)N2C(=O)C1(C)CC1. The maximum Gasteiger partial charge on any atom is 0.229 e. The first-order valence-corrected chi connectivity index (χ1v) is 7.34. The zero-order chi connectivity index (χ0) is 12.2. The van der Waals surface area contributed by atoms with Gasteiger partial charge in [-0.2, -0.15) is 0 Å². The summed E-state index contributed by atoms with van der Waals surface area (Å²) in [6.07, 6.45) is 7.28. The molecule has 1 saturated carbocycles. The van der Waals surface area contributed by atoms with Gasteiger partial charge in [0.25, 0.3) is 0 Å². The highest BCUT2D eigenvalue weighted by Gasteiger charge is 2.53. The van der Waals surface area contributed by atoms with Crippen LogP contribution in [-0.2, 0) is 4.79 Å². The van der Waals surface area contributed by atoms with Crippen LogP contribution in [0, 0.1) is 17.3 Å². The number of nitrogens with zero attached hydrogens (tertiary/aromatic N) is 1. The van der Waals surface area contributed by atoms with Crippen molar-refractivity contribution in [1.82, 2.24) is 4.90 Å². The predicted molar refractivity (Wildman–Crippen MR) is 68.6 cm³/mol. The Morgan fingerprint density at radius 2 is 1.71 bits per heavy atom. The summed E-state index contributed by atoms with van der Waals surface area (Å²) in [6, 6.07) is 1.15. The molecule has 2 heteroatoms. The Morgan fingerprint density at radius 1 is 1.18 bits per heavy atom. The maximum atomic E-state index is 12.5. The molecule has 2 heterocycles. The molecule has 2 saturated heterocycles. The molecular weight excluding hydrogens is 210 g/mol. The Kier molecular flexibility index (Phi) is 2.53. The van der Waals surface area contributed by atoms with Crippen molar-refractivity contribution in [3.63, 3.8) is 0 Å². The van der Waals surface area contributed by atoms with Crippen LogP contribution in [0.3, 0.4) is 0 Å². The first-order valence-electron chi connectivity index (χ1n) is 7.34. The normalized spacial score (nSPS) is 38.6. The summed E-state index contributed by atoms with van der Waals surface area (Å²) in [6.45, 7) is 6.83. The van der Waals surface area contributed by atoms with E-state index in [9.17, 15) is 4.79 Å². The molecule has 0 N–H and O–H groups in total. The van der Waals surface area contributed by atoms with Gasteiger partial charge in [-0.1, -0.05) is 20.8 Å². The number of hydrogen-bond acceptors (Lipinski definition) is 1. The van der Waals surface area contributed by atoms with Gasteiger partial charge in [0, 0.05) is 17.5 Å². The molecule has 1 amide bonds. The Balaban J connectivity index is 1.75. The molecule has 3 atom stereocenters. The van der Waals surface area contributed by atoms with Crippen molar-refractivity contribution >= 4 is 5.91 Å². The van der Waals surface area contributed by atoms with Crippen LogP contribution in [0.4, 0.5) is 0 Å². The van der Waals surface area contributed by atoms with E-state index in [1.54, 1.807) is 0 Å². The van der Waals surface area contributed by atoms with Gasteiger partial charge in [0.05, 0.1) is 0 Å². The summed E-state index contributed by atoms with van der Waals surface area (Å²) in [4.78, 5) is 14.8. The lowest BCUT2D eigenvalue weighted by Crippen LogP contribution is -2.49. The Hall–Kier alpha value is -0.530. The van der Waals surface area contributed by atoms with Crippen molar-refractivity contribution in [2.24, 2.45) is 17.3 Å². The van der Waals surface area contributed by atoms with E-state index in [4.69, 9.17) is 0 Å². The molecule has 0 aromatic rings. The van der Waals surface area contributed by atoms with Gasteiger partial charge >= 0.3 is 0 Å². The van der Waals surface area contributed by atoms with Crippen molar-refractivity contribution in [2.75, 3.05) is 0 Å². The fraction of sp³-hybridized carbons (Fsp3) is 0.933. The quantitative estimate of drug-likeness (QED) is 0.719. The van der Waals surface area contributed by atoms with Gasteiger partial charge in [-0.25, -0.2) is 0 Å². The van der Waals surface area contributed by atoms with Crippen LogP contribution in [0.15, 0.2) is 0 Å². The van der Waals surface area contributed by atoms with Gasteiger partial charge in [0.1, 0.15) is 0 Å². The molecule has 2 aliphatic heterocycles. The number of piperidine rings is 1. The second kappa shape index (κ2) is 3.73. The van der Waals surface area contributed by atoms with Crippen LogP contribution in [0.2, 0.25) is 0 Å². The van der Waals surface area contributed by atoms with E-state index in [1.807, 2.05) is 0 Å². The monoisotopic (exact) mass is 235 g/mol. The average molecular weight is 235 g/mol. The molecular formula is C15H25NO. The van der Waals surface area contributed by atoms with Gasteiger partial charge in [0.2, 0.25) is 5.91 Å². The number of carbonyl (C=O) groups is 1. The molecule has 0 aromatic heterocycles. The smallest absolute Gasteiger partial charge is 0.229 e. The lowest BCUT2D eigenvalue weighted by molar-refractivity contribution is -0.142. The van der Waals surface area contributed by atoms with Gasteiger partial charge in [-0.15, -0.1) is 0 Å². The number of hydrogen-bond donors (Lipinski definition) is 0. The number of carbonyl (C=O) groups excluding carboxylic acids is 1. The minimum absolute atomic E-state index is 0.0332. The second-order valence-electron chi connectivity index (χ2n) is 7.13. The third-order valence-electron chi connectivity index (χ3n) is 5.46. The summed E-state index contributed by atoms with van der Waals surface area (Å²) in [5, 5.41) is 0. The van der Waals surface area contributed by atoms with Crippen LogP contribution < -0.4 is 0 Å². The summed E-state index contributed by atoms with van der Waals surface area (Å²) < 4.78 is 0. The van der Waals surface area contributed by atoms with Crippen LogP contribution in [-0.4, -0.2) is 22.9 Å². The van der Waals surface area contributed by atoms with Gasteiger partial charge < -0.3 is 4.90 Å². The molecule has 3 aliphatic rings. The molecule has 1 unspecified atom stereocenters. The van der Waals surface area contributed by atoms with Crippen LogP contribution >= 0.6 is 0 Å². The van der Waals surface area contributed by atoms with E-state index in [1.165, 1.54) is 25.7 Å². The second-order valence-corrected chi connectivity index (χ2v) is 7.13. The van der Waals surface area contributed by atoms with Crippen molar-refractivity contribution in [1.29, 1.82) is 0 Å². The molecule has 2 nitrogen and oxygen atoms in total. The minimum atomic E-state index is 0.0332. The lowest BCUT2D eigenvalue weighted by atomic mass is 9.82. The lowest BCUT2D eigenvalue weighted by Gasteiger charge is -2.41. The van der Waals surface area contributed by atoms with Gasteiger partial charge in [0.15, 0.2) is 0 Å². The Bertz CT molecular complexity index is 318. The van der Waals surface area contributed by atoms with Gasteiger partial charge in [-0.3, -0.25) is 4.79 Å². The highest BCUT2D eigenvalue weighted by molar-refractivity contribution is 5.85. The standard InChI is InChI=1S/C15H25NO/c1-10(2)11-8-12-4-5-13(9-11)16(12)14(17)15(3)6-7-15/h10-13H,4-9H2,1-3H3/t11?,12-,13+. The molecule has 3 fully saturated rings. The summed E-state index contributed by atoms with van der Waals surface area (Å²) in [5.74, 6) is 2.11. The highest BCUT2D eigenvalue weighted by atomic mass is 16.2. The zero-order valence-electron chi connectivity index (χ0n) is 11.4. The largest absolute Gasteiger partial charge is 0.336 e. The van der Waals surface area contributed by atoms with E-state index >= 15 is 0 Å². The third-order valence-corrected chi connectivity index (χ3v) is 5.46. The molecule has 17 heavy (non-hydrogen) atoms. The zero-order valence-corrected chi connectivity index (χ0v) is 11.4. The molecule has 0 radical (unpaired) electrons. The Labute approximate surface area is 105 Å². The summed E-state index contributed by atoms with van der Waals surface area (Å²) in [7, 11) is 0. The maximum absolute atomic E-state index is 12.5. The molecule has 0 spiro atoms. The van der Waals surface area contributed by atoms with E-state index in [0.717, 1.165) is 24.7 Å². The predicted octanol–water partition coefficient (Wildman–Crippen LogP) is 3.21. The minimum Gasteiger partial charge on any atom is -0.336 e. The Morgan fingerprint density at radius 3 is 2.12 bits per heavy atom. The first-order chi connectivity index (χ1) is 8.01. The average Bonchev–Trinajstić information content (AvgIpc) is 2.98. The molecule has 2 bridgehead atoms. The number of amides is 1. The highest BCUT2D eigenvalue weighted by Crippen LogP contribution is 2.50. The van der Waals surface area contributed by atoms with E-state index in [-0.39, 0.29) is 5.41 Å². The molecule has 96 valence electrons. The van der Waals surface area contributed by atoms with Crippen molar-refractivity contribution in [2.45, 2.75) is 71.4 Å². The fourth-order valence-corrected chi connectivity index (χ4v) is 3.81. The summed E-state index contributed by atoms with van der Waals surface area (Å²) >= 11 is 0. The van der Waals surface area contributed by atoms with Crippen molar-refractivity contribution < 1.29 is 4.79 Å². The molecule has 3 rings (SSSR count). The van der Waals surface area contributed by atoms with E-state index in [0.29, 0.717) is 18.0 Å². The summed E-state index contributed by atoms with van der Waals surface area (Å²) in [5.41, 5.74) is 0.0332. The van der Waals surface area contributed by atoms with Crippen LogP contribution in [0.25, 0.3) is 0 Å². The van der Waals surface area contributed by atoms with Gasteiger partial charge in [-0.05, 0) is 50.4 Å². The number of rotatable bonds is 2.